The Balaban J connectivity index is 2.88. The second-order valence-corrected chi connectivity index (χ2v) is 5.01. The predicted molar refractivity (Wildman–Crippen MR) is 62.8 cm³/mol. The zero-order valence-corrected chi connectivity index (χ0v) is 9.99. The zero-order chi connectivity index (χ0) is 12.2. The highest BCUT2D eigenvalue weighted by molar-refractivity contribution is 7.89. The molecule has 2 amide bonds. The van der Waals surface area contributed by atoms with Crippen molar-refractivity contribution in [2.24, 2.45) is 0 Å². The summed E-state index contributed by atoms with van der Waals surface area (Å²) in [7, 11) is -3.53. The van der Waals surface area contributed by atoms with E-state index in [-0.39, 0.29) is 0 Å². The number of anilines is 1. The molecule has 0 unspecified atom stereocenters. The fourth-order valence-corrected chi connectivity index (χ4v) is 1.69. The van der Waals surface area contributed by atoms with Crippen LogP contribution >= 0.6 is 0 Å². The van der Waals surface area contributed by atoms with E-state index in [1.807, 2.05) is 10.8 Å². The van der Waals surface area contributed by atoms with Crippen LogP contribution in [0.25, 0.3) is 0 Å². The molecule has 16 heavy (non-hydrogen) atoms. The van der Waals surface area contributed by atoms with Gasteiger partial charge in [0, 0.05) is 12.2 Å². The Bertz CT molecular complexity index is 456. The quantitative estimate of drug-likeness (QED) is 0.865. The van der Waals surface area contributed by atoms with Crippen LogP contribution in [-0.4, -0.2) is 27.2 Å². The number of carbonyl (C=O) groups excluding carboxylic acids is 1. The second-order valence-electron chi connectivity index (χ2n) is 3.26. The van der Waals surface area contributed by atoms with E-state index in [1.54, 1.807) is 31.2 Å². The Morgan fingerprint density at radius 2 is 1.88 bits per heavy atom. The Labute approximate surface area is 95.1 Å². The number of rotatable bonds is 3. The van der Waals surface area contributed by atoms with E-state index in [1.165, 1.54) is 4.90 Å². The van der Waals surface area contributed by atoms with Gasteiger partial charge in [-0.25, -0.2) is 17.9 Å². The van der Waals surface area contributed by atoms with E-state index in [0.717, 1.165) is 6.26 Å². The van der Waals surface area contributed by atoms with Gasteiger partial charge in [0.1, 0.15) is 0 Å². The average Bonchev–Trinajstić information content (AvgIpc) is 2.17. The van der Waals surface area contributed by atoms with Gasteiger partial charge >= 0.3 is 6.03 Å². The first kappa shape index (κ1) is 12.5. The molecule has 1 aromatic rings. The number of para-hydroxylation sites is 1. The standard InChI is InChI=1S/C10H14N2O3S/c1-3-12(9-7-5-4-6-8-9)10(13)11-16(2,14)15/h4-8H,3H2,1-2H3,(H,11,13). The van der Waals surface area contributed by atoms with Crippen molar-refractivity contribution < 1.29 is 13.2 Å². The summed E-state index contributed by atoms with van der Waals surface area (Å²) >= 11 is 0. The lowest BCUT2D eigenvalue weighted by atomic mass is 10.3. The average molecular weight is 242 g/mol. The Kier molecular flexibility index (Phi) is 3.89. The molecule has 0 aliphatic heterocycles. The van der Waals surface area contributed by atoms with Gasteiger partial charge in [-0.2, -0.15) is 0 Å². The molecule has 0 bridgehead atoms. The summed E-state index contributed by atoms with van der Waals surface area (Å²) < 4.78 is 23.8. The van der Waals surface area contributed by atoms with Crippen LogP contribution in [0.1, 0.15) is 6.92 Å². The number of urea groups is 1. The molecule has 1 N–H and O–H groups in total. The number of hydrogen-bond acceptors (Lipinski definition) is 3. The van der Waals surface area contributed by atoms with Crippen molar-refractivity contribution in [2.75, 3.05) is 17.7 Å². The van der Waals surface area contributed by atoms with E-state index >= 15 is 0 Å². The van der Waals surface area contributed by atoms with E-state index in [4.69, 9.17) is 0 Å². The van der Waals surface area contributed by atoms with Crippen molar-refractivity contribution in [2.45, 2.75) is 6.92 Å². The van der Waals surface area contributed by atoms with Gasteiger partial charge in [-0.1, -0.05) is 18.2 Å². The lowest BCUT2D eigenvalue weighted by Crippen LogP contribution is -2.42. The number of amides is 2. The fourth-order valence-electron chi connectivity index (χ4n) is 1.27. The van der Waals surface area contributed by atoms with Gasteiger partial charge in [-0.05, 0) is 19.1 Å². The third-order valence-electron chi connectivity index (χ3n) is 1.90. The molecule has 0 spiro atoms. The molecule has 1 aromatic carbocycles. The van der Waals surface area contributed by atoms with Gasteiger partial charge < -0.3 is 0 Å². The van der Waals surface area contributed by atoms with Crippen LogP contribution in [-0.2, 0) is 10.0 Å². The maximum atomic E-state index is 11.6. The van der Waals surface area contributed by atoms with Gasteiger partial charge in [-0.3, -0.25) is 4.90 Å². The molecule has 1 rings (SSSR count). The molecule has 0 aliphatic carbocycles. The fraction of sp³-hybridized carbons (Fsp3) is 0.300. The highest BCUT2D eigenvalue weighted by Gasteiger charge is 2.16. The number of hydrogen-bond donors (Lipinski definition) is 1. The summed E-state index contributed by atoms with van der Waals surface area (Å²) in [5.74, 6) is 0. The van der Waals surface area contributed by atoms with Gasteiger partial charge in [0.25, 0.3) is 0 Å². The van der Waals surface area contributed by atoms with Crippen LogP contribution < -0.4 is 9.62 Å². The molecule has 88 valence electrons. The largest absolute Gasteiger partial charge is 0.335 e. The predicted octanol–water partition coefficient (Wildman–Crippen LogP) is 1.18. The minimum Gasteiger partial charge on any atom is -0.294 e. The molecule has 5 nitrogen and oxygen atoms in total. The van der Waals surface area contributed by atoms with Crippen molar-refractivity contribution in [3.05, 3.63) is 30.3 Å². The van der Waals surface area contributed by atoms with Gasteiger partial charge in [-0.15, -0.1) is 0 Å². The second kappa shape index (κ2) is 4.98. The van der Waals surface area contributed by atoms with E-state index < -0.39 is 16.1 Å². The lowest BCUT2D eigenvalue weighted by Gasteiger charge is -2.20. The molecular weight excluding hydrogens is 228 g/mol. The van der Waals surface area contributed by atoms with Gasteiger partial charge in [0.15, 0.2) is 0 Å². The number of sulfonamides is 1. The third-order valence-corrected chi connectivity index (χ3v) is 2.45. The molecule has 0 fully saturated rings. The third kappa shape index (κ3) is 3.54. The molecule has 0 saturated carbocycles. The number of nitrogens with one attached hydrogen (secondary N) is 1. The highest BCUT2D eigenvalue weighted by Crippen LogP contribution is 2.12. The van der Waals surface area contributed by atoms with Crippen LogP contribution in [0.4, 0.5) is 10.5 Å². The molecule has 0 atom stereocenters. The normalized spacial score (nSPS) is 10.9. The Morgan fingerprint density at radius 1 is 1.31 bits per heavy atom. The first-order valence-corrected chi connectivity index (χ1v) is 6.67. The minimum absolute atomic E-state index is 0.394. The van der Waals surface area contributed by atoms with Gasteiger partial charge in [0.05, 0.1) is 6.26 Å². The Hall–Kier alpha value is -1.56. The zero-order valence-electron chi connectivity index (χ0n) is 9.17. The number of nitrogens with zero attached hydrogens (tertiary/aromatic N) is 1. The van der Waals surface area contributed by atoms with Crippen LogP contribution in [0.2, 0.25) is 0 Å². The summed E-state index contributed by atoms with van der Waals surface area (Å²) in [4.78, 5) is 13.0. The topological polar surface area (TPSA) is 66.5 Å². The SMILES string of the molecule is CCN(C(=O)NS(C)(=O)=O)c1ccccc1. The first-order valence-electron chi connectivity index (χ1n) is 4.78. The minimum atomic E-state index is -3.53. The molecule has 0 aromatic heterocycles. The lowest BCUT2D eigenvalue weighted by molar-refractivity contribution is 0.251. The molecule has 0 aliphatic rings. The van der Waals surface area contributed by atoms with Crippen molar-refractivity contribution in [1.29, 1.82) is 0 Å². The van der Waals surface area contributed by atoms with Crippen LogP contribution in [0.3, 0.4) is 0 Å². The summed E-state index contributed by atoms with van der Waals surface area (Å²) in [6.45, 7) is 2.17. The van der Waals surface area contributed by atoms with Crippen LogP contribution in [0.5, 0.6) is 0 Å². The smallest absolute Gasteiger partial charge is 0.294 e. The van der Waals surface area contributed by atoms with Crippen molar-refractivity contribution >= 4 is 21.7 Å². The maximum absolute atomic E-state index is 11.6. The van der Waals surface area contributed by atoms with E-state index in [9.17, 15) is 13.2 Å². The number of benzene rings is 1. The molecule has 0 heterocycles. The molecule has 0 radical (unpaired) electrons. The molecular formula is C10H14N2O3S. The van der Waals surface area contributed by atoms with E-state index in [0.29, 0.717) is 12.2 Å². The summed E-state index contributed by atoms with van der Waals surface area (Å²) in [6.07, 6.45) is 0.948. The van der Waals surface area contributed by atoms with Crippen LogP contribution in [0.15, 0.2) is 30.3 Å². The van der Waals surface area contributed by atoms with Gasteiger partial charge in [0.2, 0.25) is 10.0 Å². The van der Waals surface area contributed by atoms with Crippen molar-refractivity contribution in [3.8, 4) is 0 Å². The number of carbonyl (C=O) groups is 1. The highest BCUT2D eigenvalue weighted by atomic mass is 32.2. The molecule has 6 heteroatoms. The van der Waals surface area contributed by atoms with Crippen LogP contribution in [0, 0.1) is 0 Å². The summed E-state index contributed by atoms with van der Waals surface area (Å²) in [6, 6.07) is 8.23. The first-order chi connectivity index (χ1) is 7.44. The maximum Gasteiger partial charge on any atom is 0.335 e. The van der Waals surface area contributed by atoms with E-state index in [2.05, 4.69) is 0 Å². The summed E-state index contributed by atoms with van der Waals surface area (Å²) in [5, 5.41) is 0. The van der Waals surface area contributed by atoms with Crippen molar-refractivity contribution in [1.82, 2.24) is 4.72 Å². The van der Waals surface area contributed by atoms with Crippen molar-refractivity contribution in [3.63, 3.8) is 0 Å². The molecule has 0 saturated heterocycles. The Morgan fingerprint density at radius 3 is 2.31 bits per heavy atom. The monoisotopic (exact) mass is 242 g/mol. The summed E-state index contributed by atoms with van der Waals surface area (Å²) in [5.41, 5.74) is 0.658.